The standard InChI is InChI=1S/C17H18FNO/c1-13(17(20)14-8-4-3-5-9-14)19(2)12-15-10-6-7-11-16(15)18/h3-11,13H,12H2,1-2H3. The van der Waals surface area contributed by atoms with Gasteiger partial charge in [0.2, 0.25) is 0 Å². The molecule has 20 heavy (non-hydrogen) atoms. The second-order valence-electron chi connectivity index (χ2n) is 4.91. The minimum Gasteiger partial charge on any atom is -0.292 e. The fraction of sp³-hybridized carbons (Fsp3) is 0.235. The lowest BCUT2D eigenvalue weighted by Gasteiger charge is -2.23. The lowest BCUT2D eigenvalue weighted by molar-refractivity contribution is 0.0861. The molecule has 0 saturated heterocycles. The van der Waals surface area contributed by atoms with Gasteiger partial charge in [-0.1, -0.05) is 48.5 Å². The third-order valence-corrected chi connectivity index (χ3v) is 3.48. The molecule has 0 spiro atoms. The van der Waals surface area contributed by atoms with Crippen molar-refractivity contribution in [3.63, 3.8) is 0 Å². The first kappa shape index (κ1) is 14.4. The van der Waals surface area contributed by atoms with Gasteiger partial charge in [-0.3, -0.25) is 9.69 Å². The van der Waals surface area contributed by atoms with Crippen molar-refractivity contribution in [1.29, 1.82) is 0 Å². The van der Waals surface area contributed by atoms with Gasteiger partial charge in [0.1, 0.15) is 5.82 Å². The Balaban J connectivity index is 2.08. The van der Waals surface area contributed by atoms with Gasteiger partial charge in [-0.2, -0.15) is 0 Å². The molecule has 0 aromatic heterocycles. The maximum atomic E-state index is 13.6. The van der Waals surface area contributed by atoms with E-state index in [1.807, 2.05) is 37.1 Å². The quantitative estimate of drug-likeness (QED) is 0.775. The van der Waals surface area contributed by atoms with Gasteiger partial charge >= 0.3 is 0 Å². The molecule has 0 fully saturated rings. The second-order valence-corrected chi connectivity index (χ2v) is 4.91. The van der Waals surface area contributed by atoms with E-state index in [9.17, 15) is 9.18 Å². The Labute approximate surface area is 118 Å². The van der Waals surface area contributed by atoms with Crippen LogP contribution >= 0.6 is 0 Å². The third kappa shape index (κ3) is 3.31. The summed E-state index contributed by atoms with van der Waals surface area (Å²) in [6, 6.07) is 15.5. The maximum Gasteiger partial charge on any atom is 0.179 e. The first-order chi connectivity index (χ1) is 9.59. The number of ketones is 1. The normalized spacial score (nSPS) is 12.4. The summed E-state index contributed by atoms with van der Waals surface area (Å²) < 4.78 is 13.6. The average Bonchev–Trinajstić information content (AvgIpc) is 2.49. The van der Waals surface area contributed by atoms with Gasteiger partial charge in [0.15, 0.2) is 5.78 Å². The van der Waals surface area contributed by atoms with Crippen LogP contribution < -0.4 is 0 Å². The smallest absolute Gasteiger partial charge is 0.179 e. The highest BCUT2D eigenvalue weighted by molar-refractivity contribution is 5.99. The van der Waals surface area contributed by atoms with Crippen LogP contribution in [0.25, 0.3) is 0 Å². The molecule has 0 saturated carbocycles. The highest BCUT2D eigenvalue weighted by atomic mass is 19.1. The summed E-state index contributed by atoms with van der Waals surface area (Å²) in [7, 11) is 1.83. The van der Waals surface area contributed by atoms with Gasteiger partial charge in [0.25, 0.3) is 0 Å². The molecule has 0 amide bonds. The van der Waals surface area contributed by atoms with E-state index < -0.39 is 0 Å². The molecular formula is C17H18FNO. The summed E-state index contributed by atoms with van der Waals surface area (Å²) in [5.41, 5.74) is 1.28. The first-order valence-corrected chi connectivity index (χ1v) is 6.62. The van der Waals surface area contributed by atoms with Crippen LogP contribution in [0.3, 0.4) is 0 Å². The van der Waals surface area contributed by atoms with Crippen LogP contribution in [-0.4, -0.2) is 23.8 Å². The van der Waals surface area contributed by atoms with Crippen molar-refractivity contribution in [2.75, 3.05) is 7.05 Å². The predicted molar refractivity (Wildman–Crippen MR) is 78.1 cm³/mol. The Morgan fingerprint density at radius 1 is 1.10 bits per heavy atom. The van der Waals surface area contributed by atoms with Gasteiger partial charge in [-0.15, -0.1) is 0 Å². The number of likely N-dealkylation sites (N-methyl/N-ethyl adjacent to an activating group) is 1. The largest absolute Gasteiger partial charge is 0.292 e. The zero-order valence-electron chi connectivity index (χ0n) is 11.7. The van der Waals surface area contributed by atoms with Crippen LogP contribution in [0, 0.1) is 5.82 Å². The van der Waals surface area contributed by atoms with E-state index in [4.69, 9.17) is 0 Å². The van der Waals surface area contributed by atoms with Crippen LogP contribution in [0.1, 0.15) is 22.8 Å². The predicted octanol–water partition coefficient (Wildman–Crippen LogP) is 3.53. The van der Waals surface area contributed by atoms with Crippen molar-refractivity contribution in [3.05, 3.63) is 71.5 Å². The molecule has 2 nitrogen and oxygen atoms in total. The van der Waals surface area contributed by atoms with Crippen LogP contribution in [0.2, 0.25) is 0 Å². The Bertz CT molecular complexity index is 583. The minimum absolute atomic E-state index is 0.0458. The Kier molecular flexibility index (Phi) is 4.64. The number of carbonyl (C=O) groups excluding carboxylic acids is 1. The Morgan fingerprint density at radius 2 is 1.70 bits per heavy atom. The molecule has 0 bridgehead atoms. The molecule has 1 atom stereocenters. The number of nitrogens with zero attached hydrogens (tertiary/aromatic N) is 1. The molecule has 2 aromatic rings. The van der Waals surface area contributed by atoms with Gasteiger partial charge in [0.05, 0.1) is 6.04 Å². The Hall–Kier alpha value is -2.00. The molecule has 0 N–H and O–H groups in total. The number of carbonyl (C=O) groups is 1. The van der Waals surface area contributed by atoms with E-state index in [2.05, 4.69) is 0 Å². The highest BCUT2D eigenvalue weighted by Gasteiger charge is 2.20. The van der Waals surface area contributed by atoms with Gasteiger partial charge in [-0.05, 0) is 20.0 Å². The monoisotopic (exact) mass is 271 g/mol. The molecule has 1 unspecified atom stereocenters. The molecule has 104 valence electrons. The lowest BCUT2D eigenvalue weighted by Crippen LogP contribution is -2.35. The zero-order chi connectivity index (χ0) is 14.5. The number of benzene rings is 2. The first-order valence-electron chi connectivity index (χ1n) is 6.62. The van der Waals surface area contributed by atoms with Crippen LogP contribution in [0.4, 0.5) is 4.39 Å². The van der Waals surface area contributed by atoms with Crippen molar-refractivity contribution < 1.29 is 9.18 Å². The van der Waals surface area contributed by atoms with E-state index in [1.54, 1.807) is 30.3 Å². The summed E-state index contributed by atoms with van der Waals surface area (Å²) in [4.78, 5) is 14.2. The lowest BCUT2D eigenvalue weighted by atomic mass is 10.0. The van der Waals surface area contributed by atoms with Crippen molar-refractivity contribution in [2.45, 2.75) is 19.5 Å². The Morgan fingerprint density at radius 3 is 2.35 bits per heavy atom. The van der Waals surface area contributed by atoms with Crippen molar-refractivity contribution in [3.8, 4) is 0 Å². The van der Waals surface area contributed by atoms with E-state index >= 15 is 0 Å². The minimum atomic E-state index is -0.294. The summed E-state index contributed by atoms with van der Waals surface area (Å²) in [6.07, 6.45) is 0. The molecule has 2 aromatic carbocycles. The van der Waals surface area contributed by atoms with Crippen LogP contribution in [-0.2, 0) is 6.54 Å². The van der Waals surface area contributed by atoms with E-state index in [0.29, 0.717) is 17.7 Å². The fourth-order valence-electron chi connectivity index (χ4n) is 2.08. The number of rotatable bonds is 5. The maximum absolute atomic E-state index is 13.6. The van der Waals surface area contributed by atoms with Gasteiger partial charge < -0.3 is 0 Å². The molecule has 0 heterocycles. The molecule has 0 aliphatic carbocycles. The number of hydrogen-bond acceptors (Lipinski definition) is 2. The molecule has 2 rings (SSSR count). The molecule has 0 aliphatic heterocycles. The highest BCUT2D eigenvalue weighted by Crippen LogP contribution is 2.13. The number of halogens is 1. The van der Waals surface area contributed by atoms with Crippen LogP contribution in [0.5, 0.6) is 0 Å². The third-order valence-electron chi connectivity index (χ3n) is 3.48. The number of hydrogen-bond donors (Lipinski definition) is 0. The molecular weight excluding hydrogens is 253 g/mol. The van der Waals surface area contributed by atoms with E-state index in [1.165, 1.54) is 6.07 Å². The van der Waals surface area contributed by atoms with Crippen molar-refractivity contribution in [1.82, 2.24) is 4.90 Å². The molecule has 0 aliphatic rings. The van der Waals surface area contributed by atoms with E-state index in [-0.39, 0.29) is 17.6 Å². The van der Waals surface area contributed by atoms with E-state index in [0.717, 1.165) is 0 Å². The van der Waals surface area contributed by atoms with Crippen molar-refractivity contribution >= 4 is 5.78 Å². The molecule has 3 heteroatoms. The zero-order valence-corrected chi connectivity index (χ0v) is 11.7. The fourth-order valence-corrected chi connectivity index (χ4v) is 2.08. The topological polar surface area (TPSA) is 20.3 Å². The molecule has 0 radical (unpaired) electrons. The average molecular weight is 271 g/mol. The summed E-state index contributed by atoms with van der Waals surface area (Å²) >= 11 is 0. The van der Waals surface area contributed by atoms with Crippen LogP contribution in [0.15, 0.2) is 54.6 Å². The summed E-state index contributed by atoms with van der Waals surface area (Å²) in [5, 5.41) is 0. The summed E-state index contributed by atoms with van der Waals surface area (Å²) in [6.45, 7) is 2.25. The SMILES string of the molecule is CC(C(=O)c1ccccc1)N(C)Cc1ccccc1F. The van der Waals surface area contributed by atoms with Gasteiger partial charge in [0, 0.05) is 17.7 Å². The number of Topliss-reactive ketones (excluding diaryl/α,β-unsaturated/α-hetero) is 1. The van der Waals surface area contributed by atoms with Crippen molar-refractivity contribution in [2.24, 2.45) is 0 Å². The summed E-state index contributed by atoms with van der Waals surface area (Å²) in [5.74, 6) is -0.192. The second kappa shape index (κ2) is 6.44. The van der Waals surface area contributed by atoms with Gasteiger partial charge in [-0.25, -0.2) is 4.39 Å².